The quantitative estimate of drug-likeness (QED) is 0.768. The minimum atomic E-state index is -0.599. The van der Waals surface area contributed by atoms with Gasteiger partial charge in [-0.1, -0.05) is 6.07 Å². The number of carbonyl (C=O) groups is 1. The molecular weight excluding hydrogens is 232 g/mol. The Morgan fingerprint density at radius 2 is 2.22 bits per heavy atom. The van der Waals surface area contributed by atoms with Crippen LogP contribution in [-0.4, -0.2) is 24.3 Å². The number of fused-ring (bicyclic) bond motifs is 3. The van der Waals surface area contributed by atoms with Gasteiger partial charge in [0.2, 0.25) is 0 Å². The van der Waals surface area contributed by atoms with Crippen LogP contribution in [0.25, 0.3) is 5.57 Å². The van der Waals surface area contributed by atoms with Crippen LogP contribution in [0.3, 0.4) is 0 Å². The van der Waals surface area contributed by atoms with E-state index < -0.39 is 6.10 Å². The average molecular weight is 246 g/mol. The number of rotatable bonds is 1. The van der Waals surface area contributed by atoms with Crippen LogP contribution in [0, 0.1) is 0 Å². The summed E-state index contributed by atoms with van der Waals surface area (Å²) in [6.07, 6.45) is -0.497. The van der Waals surface area contributed by atoms with Crippen LogP contribution in [-0.2, 0) is 9.53 Å². The molecule has 0 fully saturated rings. The van der Waals surface area contributed by atoms with Gasteiger partial charge in [-0.15, -0.1) is 0 Å². The molecule has 1 aliphatic carbocycles. The third kappa shape index (κ3) is 1.46. The molecule has 18 heavy (non-hydrogen) atoms. The lowest BCUT2D eigenvalue weighted by atomic mass is 9.82. The Morgan fingerprint density at radius 1 is 1.44 bits per heavy atom. The number of esters is 1. The van der Waals surface area contributed by atoms with Gasteiger partial charge in [0.05, 0.1) is 13.2 Å². The maximum absolute atomic E-state index is 11.6. The molecule has 4 heteroatoms. The van der Waals surface area contributed by atoms with E-state index >= 15 is 0 Å². The van der Waals surface area contributed by atoms with Crippen LogP contribution in [0.5, 0.6) is 5.75 Å². The highest BCUT2D eigenvalue weighted by molar-refractivity contribution is 6.03. The van der Waals surface area contributed by atoms with Crippen molar-refractivity contribution in [3.8, 4) is 5.75 Å². The van der Waals surface area contributed by atoms with Gasteiger partial charge < -0.3 is 14.6 Å². The van der Waals surface area contributed by atoms with E-state index in [4.69, 9.17) is 9.47 Å². The standard InChI is InChI=1S/C14H14O4/c1-7-13-10-5-8(17-2)3-4-9(10)11(15)6-12(13)18-14(7)16/h3-5,11-12,15H,6H2,1-2H3/t11-,12?/m1/s1. The summed E-state index contributed by atoms with van der Waals surface area (Å²) in [7, 11) is 1.59. The first-order valence-electron chi connectivity index (χ1n) is 5.90. The molecule has 2 atom stereocenters. The number of hydrogen-bond acceptors (Lipinski definition) is 4. The molecule has 1 N–H and O–H groups in total. The number of carbonyl (C=O) groups excluding carboxylic acids is 1. The van der Waals surface area contributed by atoms with Crippen LogP contribution in [0.4, 0.5) is 0 Å². The van der Waals surface area contributed by atoms with Crippen LogP contribution >= 0.6 is 0 Å². The van der Waals surface area contributed by atoms with Gasteiger partial charge in [-0.05, 0) is 30.2 Å². The van der Waals surface area contributed by atoms with Gasteiger partial charge in [-0.25, -0.2) is 4.79 Å². The minimum absolute atomic E-state index is 0.294. The third-order valence-electron chi connectivity index (χ3n) is 3.63. The second-order valence-corrected chi connectivity index (χ2v) is 4.64. The van der Waals surface area contributed by atoms with E-state index in [1.165, 1.54) is 0 Å². The SMILES string of the molecule is COc1ccc2c(c1)C1=C(C)C(=O)OC1C[C@H]2O. The van der Waals surface area contributed by atoms with Crippen molar-refractivity contribution in [1.29, 1.82) is 0 Å². The molecular formula is C14H14O4. The number of hydrogen-bond donors (Lipinski definition) is 1. The van der Waals surface area contributed by atoms with Crippen molar-refractivity contribution in [1.82, 2.24) is 0 Å². The maximum Gasteiger partial charge on any atom is 0.334 e. The van der Waals surface area contributed by atoms with Gasteiger partial charge in [0.15, 0.2) is 0 Å². The number of benzene rings is 1. The van der Waals surface area contributed by atoms with Crippen molar-refractivity contribution in [2.75, 3.05) is 7.11 Å². The first kappa shape index (κ1) is 11.3. The Balaban J connectivity index is 2.22. The fourth-order valence-electron chi connectivity index (χ4n) is 2.69. The molecule has 0 saturated carbocycles. The Hall–Kier alpha value is -1.81. The molecule has 1 unspecified atom stereocenters. The van der Waals surface area contributed by atoms with Gasteiger partial charge in [-0.2, -0.15) is 0 Å². The Bertz CT molecular complexity index is 559. The van der Waals surface area contributed by atoms with Crippen molar-refractivity contribution >= 4 is 11.5 Å². The molecule has 0 spiro atoms. The predicted molar refractivity (Wildman–Crippen MR) is 65.0 cm³/mol. The molecule has 1 aromatic carbocycles. The summed E-state index contributed by atoms with van der Waals surface area (Å²) in [6, 6.07) is 5.51. The summed E-state index contributed by atoms with van der Waals surface area (Å²) in [6.45, 7) is 1.76. The minimum Gasteiger partial charge on any atom is -0.497 e. The lowest BCUT2D eigenvalue weighted by Gasteiger charge is -2.27. The molecule has 0 aromatic heterocycles. The molecule has 2 aliphatic rings. The number of ether oxygens (including phenoxy) is 2. The van der Waals surface area contributed by atoms with E-state index in [2.05, 4.69) is 0 Å². The number of methoxy groups -OCH3 is 1. The molecule has 0 radical (unpaired) electrons. The molecule has 1 aliphatic heterocycles. The van der Waals surface area contributed by atoms with Crippen LogP contribution < -0.4 is 4.74 Å². The van der Waals surface area contributed by atoms with Crippen LogP contribution in [0.1, 0.15) is 30.6 Å². The van der Waals surface area contributed by atoms with Crippen molar-refractivity contribution in [2.24, 2.45) is 0 Å². The maximum atomic E-state index is 11.6. The van der Waals surface area contributed by atoms with Crippen molar-refractivity contribution < 1.29 is 19.4 Å². The summed E-state index contributed by atoms with van der Waals surface area (Å²) < 4.78 is 10.5. The van der Waals surface area contributed by atoms with Gasteiger partial charge in [0.1, 0.15) is 11.9 Å². The summed E-state index contributed by atoms with van der Waals surface area (Å²) in [4.78, 5) is 11.6. The van der Waals surface area contributed by atoms with Gasteiger partial charge in [-0.3, -0.25) is 0 Å². The Kier molecular flexibility index (Phi) is 2.41. The Labute approximate surface area is 105 Å². The smallest absolute Gasteiger partial charge is 0.334 e. The highest BCUT2D eigenvalue weighted by Gasteiger charge is 2.39. The van der Waals surface area contributed by atoms with Gasteiger partial charge in [0.25, 0.3) is 0 Å². The largest absolute Gasteiger partial charge is 0.497 e. The zero-order valence-electron chi connectivity index (χ0n) is 10.3. The average Bonchev–Trinajstić information content (AvgIpc) is 2.64. The molecule has 1 aromatic rings. The fraction of sp³-hybridized carbons (Fsp3) is 0.357. The first-order valence-corrected chi connectivity index (χ1v) is 5.90. The molecule has 1 heterocycles. The van der Waals surface area contributed by atoms with Gasteiger partial charge in [0, 0.05) is 17.6 Å². The van der Waals surface area contributed by atoms with E-state index in [1.54, 1.807) is 14.0 Å². The summed E-state index contributed by atoms with van der Waals surface area (Å²) in [5, 5.41) is 10.1. The lowest BCUT2D eigenvalue weighted by Crippen LogP contribution is -2.21. The molecule has 0 bridgehead atoms. The van der Waals surface area contributed by atoms with Crippen molar-refractivity contribution in [3.63, 3.8) is 0 Å². The van der Waals surface area contributed by atoms with E-state index in [1.807, 2.05) is 18.2 Å². The topological polar surface area (TPSA) is 55.8 Å². The normalized spacial score (nSPS) is 25.6. The van der Waals surface area contributed by atoms with E-state index in [9.17, 15) is 9.90 Å². The summed E-state index contributed by atoms with van der Waals surface area (Å²) in [5.41, 5.74) is 3.21. The Morgan fingerprint density at radius 3 is 2.94 bits per heavy atom. The lowest BCUT2D eigenvalue weighted by molar-refractivity contribution is -0.140. The van der Waals surface area contributed by atoms with E-state index in [0.717, 1.165) is 16.7 Å². The monoisotopic (exact) mass is 246 g/mol. The second kappa shape index (κ2) is 3.85. The molecule has 0 amide bonds. The highest BCUT2D eigenvalue weighted by atomic mass is 16.5. The van der Waals surface area contributed by atoms with E-state index in [-0.39, 0.29) is 12.1 Å². The van der Waals surface area contributed by atoms with Gasteiger partial charge >= 0.3 is 5.97 Å². The molecule has 0 saturated heterocycles. The zero-order valence-corrected chi connectivity index (χ0v) is 10.3. The number of aliphatic hydroxyl groups excluding tert-OH is 1. The predicted octanol–water partition coefficient (Wildman–Crippen LogP) is 1.83. The summed E-state index contributed by atoms with van der Waals surface area (Å²) in [5.74, 6) is 0.416. The second-order valence-electron chi connectivity index (χ2n) is 4.64. The fourth-order valence-corrected chi connectivity index (χ4v) is 2.69. The molecule has 3 rings (SSSR count). The molecule has 94 valence electrons. The van der Waals surface area contributed by atoms with E-state index in [0.29, 0.717) is 17.7 Å². The highest BCUT2D eigenvalue weighted by Crippen LogP contribution is 2.44. The third-order valence-corrected chi connectivity index (χ3v) is 3.63. The zero-order chi connectivity index (χ0) is 12.9. The summed E-state index contributed by atoms with van der Waals surface area (Å²) >= 11 is 0. The van der Waals surface area contributed by atoms with Crippen LogP contribution in [0.2, 0.25) is 0 Å². The van der Waals surface area contributed by atoms with Crippen molar-refractivity contribution in [3.05, 3.63) is 34.9 Å². The molecule has 4 nitrogen and oxygen atoms in total. The first-order chi connectivity index (χ1) is 8.61. The van der Waals surface area contributed by atoms with Crippen molar-refractivity contribution in [2.45, 2.75) is 25.6 Å². The van der Waals surface area contributed by atoms with Crippen LogP contribution in [0.15, 0.2) is 23.8 Å². The number of aliphatic hydroxyl groups is 1.